The second-order valence-corrected chi connectivity index (χ2v) is 5.03. The van der Waals surface area contributed by atoms with Crippen molar-refractivity contribution in [3.05, 3.63) is 28.5 Å². The first-order valence-corrected chi connectivity index (χ1v) is 7.09. The number of aromatic nitrogens is 4. The number of hydrogen-bond donors (Lipinski definition) is 2. The van der Waals surface area contributed by atoms with E-state index in [0.29, 0.717) is 16.6 Å². The summed E-state index contributed by atoms with van der Waals surface area (Å²) in [4.78, 5) is 23.8. The lowest BCUT2D eigenvalue weighted by Crippen LogP contribution is -2.41. The summed E-state index contributed by atoms with van der Waals surface area (Å²) in [6.07, 6.45) is 0. The van der Waals surface area contributed by atoms with Gasteiger partial charge in [0.05, 0.1) is 0 Å². The molecule has 1 aromatic carbocycles. The number of tetrazole rings is 1. The lowest BCUT2D eigenvalue weighted by atomic mass is 10.2. The van der Waals surface area contributed by atoms with Crippen molar-refractivity contribution >= 4 is 27.9 Å². The highest BCUT2D eigenvalue weighted by Crippen LogP contribution is 2.25. The lowest BCUT2D eigenvalue weighted by molar-refractivity contribution is -0.121. The highest BCUT2D eigenvalue weighted by molar-refractivity contribution is 9.10. The van der Waals surface area contributed by atoms with Crippen LogP contribution in [-0.2, 0) is 11.3 Å². The zero-order valence-corrected chi connectivity index (χ0v) is 13.1. The van der Waals surface area contributed by atoms with Crippen LogP contribution in [0.4, 0.5) is 9.18 Å². The molecule has 0 saturated heterocycles. The van der Waals surface area contributed by atoms with Crippen molar-refractivity contribution in [2.24, 2.45) is 0 Å². The standard InChI is InChI=1S/C12H12BrFN6O2/c1-2-15-12(22)16-10(21)6-20-18-11(17-19-20)8-5-7(14)3-4-9(8)13/h3-5H,2,6H2,1H3,(H2,15,16,21,22). The first kappa shape index (κ1) is 16.0. The minimum atomic E-state index is -0.597. The first-order valence-electron chi connectivity index (χ1n) is 6.30. The summed E-state index contributed by atoms with van der Waals surface area (Å²) < 4.78 is 13.9. The Morgan fingerprint density at radius 3 is 2.91 bits per heavy atom. The molecule has 0 atom stereocenters. The van der Waals surface area contributed by atoms with E-state index in [4.69, 9.17) is 0 Å². The minimum absolute atomic E-state index is 0.164. The van der Waals surface area contributed by atoms with E-state index >= 15 is 0 Å². The summed E-state index contributed by atoms with van der Waals surface area (Å²) in [6.45, 7) is 1.85. The van der Waals surface area contributed by atoms with Gasteiger partial charge in [-0.3, -0.25) is 10.1 Å². The Hall–Kier alpha value is -2.36. The summed E-state index contributed by atoms with van der Waals surface area (Å²) in [5.41, 5.74) is 0.412. The van der Waals surface area contributed by atoms with Crippen LogP contribution in [0.15, 0.2) is 22.7 Å². The Morgan fingerprint density at radius 1 is 1.41 bits per heavy atom. The number of benzene rings is 1. The van der Waals surface area contributed by atoms with Crippen molar-refractivity contribution in [2.75, 3.05) is 6.54 Å². The van der Waals surface area contributed by atoms with Crippen LogP contribution >= 0.6 is 15.9 Å². The van der Waals surface area contributed by atoms with E-state index in [0.717, 1.165) is 4.80 Å². The molecule has 1 aromatic heterocycles. The van der Waals surface area contributed by atoms with Gasteiger partial charge in [-0.05, 0) is 30.3 Å². The summed E-state index contributed by atoms with van der Waals surface area (Å²) in [5, 5.41) is 16.0. The molecule has 0 unspecified atom stereocenters. The Morgan fingerprint density at radius 2 is 2.18 bits per heavy atom. The third kappa shape index (κ3) is 4.07. The molecule has 0 fully saturated rings. The molecule has 1 heterocycles. The van der Waals surface area contributed by atoms with Crippen LogP contribution in [0.25, 0.3) is 11.4 Å². The molecule has 0 radical (unpaired) electrons. The number of hydrogen-bond acceptors (Lipinski definition) is 5. The van der Waals surface area contributed by atoms with E-state index < -0.39 is 17.8 Å². The fraction of sp³-hybridized carbons (Fsp3) is 0.250. The average Bonchev–Trinajstić information content (AvgIpc) is 2.89. The largest absolute Gasteiger partial charge is 0.338 e. The molecule has 116 valence electrons. The maximum atomic E-state index is 13.3. The van der Waals surface area contributed by atoms with Crippen molar-refractivity contribution in [3.8, 4) is 11.4 Å². The van der Waals surface area contributed by atoms with Gasteiger partial charge in [0.2, 0.25) is 5.82 Å². The van der Waals surface area contributed by atoms with E-state index in [1.165, 1.54) is 18.2 Å². The zero-order chi connectivity index (χ0) is 16.1. The molecule has 0 saturated carbocycles. The molecular weight excluding hydrogens is 359 g/mol. The predicted octanol–water partition coefficient (Wildman–Crippen LogP) is 1.09. The average molecular weight is 371 g/mol. The molecule has 0 spiro atoms. The third-order valence-electron chi connectivity index (χ3n) is 2.50. The van der Waals surface area contributed by atoms with Gasteiger partial charge in [-0.2, -0.15) is 4.80 Å². The minimum Gasteiger partial charge on any atom is -0.338 e. The number of amides is 3. The Labute approximate surface area is 133 Å². The van der Waals surface area contributed by atoms with Crippen LogP contribution in [0, 0.1) is 5.82 Å². The number of nitrogens with one attached hydrogen (secondary N) is 2. The molecule has 0 bridgehead atoms. The molecule has 10 heteroatoms. The molecule has 0 aliphatic carbocycles. The van der Waals surface area contributed by atoms with Gasteiger partial charge < -0.3 is 5.32 Å². The monoisotopic (exact) mass is 370 g/mol. The fourth-order valence-corrected chi connectivity index (χ4v) is 2.01. The van der Waals surface area contributed by atoms with Crippen molar-refractivity contribution < 1.29 is 14.0 Å². The first-order chi connectivity index (χ1) is 10.5. The van der Waals surface area contributed by atoms with Crippen molar-refractivity contribution in [2.45, 2.75) is 13.5 Å². The predicted molar refractivity (Wildman–Crippen MR) is 78.1 cm³/mol. The Bertz CT molecular complexity index is 705. The molecule has 0 aliphatic heterocycles. The van der Waals surface area contributed by atoms with E-state index in [-0.39, 0.29) is 12.4 Å². The molecule has 2 N–H and O–H groups in total. The number of halogens is 2. The van der Waals surface area contributed by atoms with E-state index in [9.17, 15) is 14.0 Å². The second-order valence-electron chi connectivity index (χ2n) is 4.18. The fourth-order valence-electron chi connectivity index (χ4n) is 1.59. The molecule has 2 aromatic rings. The van der Waals surface area contributed by atoms with Crippen molar-refractivity contribution in [1.82, 2.24) is 30.8 Å². The van der Waals surface area contributed by atoms with Crippen molar-refractivity contribution in [1.29, 1.82) is 0 Å². The number of rotatable bonds is 4. The van der Waals surface area contributed by atoms with Crippen LogP contribution in [0.3, 0.4) is 0 Å². The van der Waals surface area contributed by atoms with Gasteiger partial charge in [0.15, 0.2) is 0 Å². The molecule has 8 nitrogen and oxygen atoms in total. The summed E-state index contributed by atoms with van der Waals surface area (Å²) in [6, 6.07) is 3.46. The zero-order valence-electron chi connectivity index (χ0n) is 11.5. The molecular formula is C12H12BrFN6O2. The SMILES string of the molecule is CCNC(=O)NC(=O)Cn1nnc(-c2cc(F)ccc2Br)n1. The normalized spacial score (nSPS) is 10.3. The van der Waals surface area contributed by atoms with Crippen LogP contribution < -0.4 is 10.6 Å². The topological polar surface area (TPSA) is 102 Å². The quantitative estimate of drug-likeness (QED) is 0.838. The van der Waals surface area contributed by atoms with Gasteiger partial charge in [0.1, 0.15) is 12.4 Å². The van der Waals surface area contributed by atoms with Gasteiger partial charge in [-0.25, -0.2) is 9.18 Å². The number of nitrogens with zero attached hydrogens (tertiary/aromatic N) is 4. The molecule has 22 heavy (non-hydrogen) atoms. The highest BCUT2D eigenvalue weighted by atomic mass is 79.9. The molecule has 0 aliphatic rings. The lowest BCUT2D eigenvalue weighted by Gasteiger charge is -2.03. The second kappa shape index (κ2) is 7.07. The smallest absolute Gasteiger partial charge is 0.321 e. The van der Waals surface area contributed by atoms with E-state index in [1.54, 1.807) is 6.92 Å². The molecule has 3 amide bonds. The van der Waals surface area contributed by atoms with Gasteiger partial charge in [0.25, 0.3) is 5.91 Å². The molecule has 2 rings (SSSR count). The van der Waals surface area contributed by atoms with Crippen LogP contribution in [-0.4, -0.2) is 38.7 Å². The van der Waals surface area contributed by atoms with Gasteiger partial charge in [-0.1, -0.05) is 15.9 Å². The maximum Gasteiger partial charge on any atom is 0.321 e. The summed E-state index contributed by atoms with van der Waals surface area (Å²) >= 11 is 3.26. The van der Waals surface area contributed by atoms with Gasteiger partial charge in [0, 0.05) is 16.6 Å². The van der Waals surface area contributed by atoms with Crippen LogP contribution in [0.5, 0.6) is 0 Å². The van der Waals surface area contributed by atoms with Gasteiger partial charge in [-0.15, -0.1) is 10.2 Å². The van der Waals surface area contributed by atoms with Crippen LogP contribution in [0.2, 0.25) is 0 Å². The Kier molecular flexibility index (Phi) is 5.15. The van der Waals surface area contributed by atoms with Gasteiger partial charge >= 0.3 is 6.03 Å². The number of carbonyl (C=O) groups is 2. The number of imide groups is 1. The maximum absolute atomic E-state index is 13.3. The van der Waals surface area contributed by atoms with E-state index in [2.05, 4.69) is 42.0 Å². The number of carbonyl (C=O) groups excluding carboxylic acids is 2. The van der Waals surface area contributed by atoms with Crippen LogP contribution in [0.1, 0.15) is 6.92 Å². The van der Waals surface area contributed by atoms with E-state index in [1.807, 2.05) is 0 Å². The summed E-state index contributed by atoms with van der Waals surface area (Å²) in [7, 11) is 0. The number of urea groups is 1. The summed E-state index contributed by atoms with van der Waals surface area (Å²) in [5.74, 6) is -0.867. The Balaban J connectivity index is 2.07. The highest BCUT2D eigenvalue weighted by Gasteiger charge is 2.13. The van der Waals surface area contributed by atoms with Crippen molar-refractivity contribution in [3.63, 3.8) is 0 Å². The third-order valence-corrected chi connectivity index (χ3v) is 3.19.